The fourth-order valence-corrected chi connectivity index (χ4v) is 2.83. The summed E-state index contributed by atoms with van der Waals surface area (Å²) in [7, 11) is 1.31. The first kappa shape index (κ1) is 18.6. The SMILES string of the molecule is COc1ccc(C(=O)NCCc2cc(F)cc3c2OCOC3)cc1[N+](=O)[O-]. The van der Waals surface area contributed by atoms with Crippen molar-refractivity contribution < 1.29 is 28.3 Å². The average Bonchev–Trinajstić information content (AvgIpc) is 2.67. The molecule has 9 heteroatoms. The first-order valence-electron chi connectivity index (χ1n) is 8.12. The van der Waals surface area contributed by atoms with E-state index in [9.17, 15) is 19.3 Å². The van der Waals surface area contributed by atoms with Crippen molar-refractivity contribution in [3.63, 3.8) is 0 Å². The van der Waals surface area contributed by atoms with Gasteiger partial charge in [-0.05, 0) is 36.2 Å². The maximum absolute atomic E-state index is 13.7. The van der Waals surface area contributed by atoms with E-state index in [2.05, 4.69) is 5.32 Å². The molecule has 0 saturated carbocycles. The fourth-order valence-electron chi connectivity index (χ4n) is 2.83. The van der Waals surface area contributed by atoms with Gasteiger partial charge < -0.3 is 19.5 Å². The number of carbonyl (C=O) groups is 1. The molecule has 1 heterocycles. The first-order valence-corrected chi connectivity index (χ1v) is 8.12. The largest absolute Gasteiger partial charge is 0.490 e. The monoisotopic (exact) mass is 376 g/mol. The van der Waals surface area contributed by atoms with Crippen molar-refractivity contribution in [2.45, 2.75) is 13.0 Å². The number of fused-ring (bicyclic) bond motifs is 1. The highest BCUT2D eigenvalue weighted by Gasteiger charge is 2.19. The van der Waals surface area contributed by atoms with Gasteiger partial charge >= 0.3 is 5.69 Å². The van der Waals surface area contributed by atoms with Crippen LogP contribution >= 0.6 is 0 Å². The Morgan fingerprint density at radius 3 is 2.93 bits per heavy atom. The third-order valence-electron chi connectivity index (χ3n) is 4.07. The Balaban J connectivity index is 1.68. The molecule has 1 N–H and O–H groups in total. The highest BCUT2D eigenvalue weighted by Crippen LogP contribution is 2.30. The second kappa shape index (κ2) is 8.00. The fraction of sp³-hybridized carbons (Fsp3) is 0.278. The number of nitrogens with one attached hydrogen (secondary N) is 1. The van der Waals surface area contributed by atoms with Crippen LogP contribution in [0.25, 0.3) is 0 Å². The summed E-state index contributed by atoms with van der Waals surface area (Å²) < 4.78 is 29.2. The van der Waals surface area contributed by atoms with Crippen LogP contribution in [-0.2, 0) is 17.8 Å². The Kier molecular flexibility index (Phi) is 5.51. The molecule has 0 aromatic heterocycles. The number of rotatable bonds is 6. The Hall–Kier alpha value is -3.20. The van der Waals surface area contributed by atoms with Crippen LogP contribution in [-0.4, -0.2) is 31.3 Å². The summed E-state index contributed by atoms with van der Waals surface area (Å²) >= 11 is 0. The predicted octanol–water partition coefficient (Wildman–Crippen LogP) is 2.58. The van der Waals surface area contributed by atoms with Crippen molar-refractivity contribution in [3.05, 3.63) is 63.0 Å². The van der Waals surface area contributed by atoms with Crippen molar-refractivity contribution in [3.8, 4) is 11.5 Å². The van der Waals surface area contributed by atoms with Gasteiger partial charge in [0, 0.05) is 23.7 Å². The lowest BCUT2D eigenvalue weighted by atomic mass is 10.1. The van der Waals surface area contributed by atoms with Gasteiger partial charge in [0.15, 0.2) is 12.5 Å². The van der Waals surface area contributed by atoms with Crippen LogP contribution in [0.2, 0.25) is 0 Å². The third-order valence-corrected chi connectivity index (χ3v) is 4.07. The summed E-state index contributed by atoms with van der Waals surface area (Å²) in [6, 6.07) is 6.66. The van der Waals surface area contributed by atoms with Crippen molar-refractivity contribution in [1.29, 1.82) is 0 Å². The number of carbonyl (C=O) groups excluding carboxylic acids is 1. The molecular weight excluding hydrogens is 359 g/mol. The van der Waals surface area contributed by atoms with E-state index in [-0.39, 0.29) is 36.9 Å². The second-order valence-corrected chi connectivity index (χ2v) is 5.81. The van der Waals surface area contributed by atoms with E-state index >= 15 is 0 Å². The number of nitro groups is 1. The number of hydrogen-bond donors (Lipinski definition) is 1. The summed E-state index contributed by atoms with van der Waals surface area (Å²) in [6.07, 6.45) is 0.337. The minimum atomic E-state index is -0.617. The van der Waals surface area contributed by atoms with Crippen LogP contribution in [0.1, 0.15) is 21.5 Å². The highest BCUT2D eigenvalue weighted by molar-refractivity contribution is 5.95. The second-order valence-electron chi connectivity index (χ2n) is 5.81. The van der Waals surface area contributed by atoms with Gasteiger partial charge in [-0.2, -0.15) is 0 Å². The smallest absolute Gasteiger partial charge is 0.311 e. The molecular formula is C18H17FN2O6. The van der Waals surface area contributed by atoms with Gasteiger partial charge in [0.2, 0.25) is 0 Å². The zero-order valence-corrected chi connectivity index (χ0v) is 14.5. The van der Waals surface area contributed by atoms with Gasteiger partial charge in [-0.1, -0.05) is 0 Å². The molecule has 1 aliphatic heterocycles. The average molecular weight is 376 g/mol. The lowest BCUT2D eigenvalue weighted by Crippen LogP contribution is -2.26. The molecule has 0 atom stereocenters. The molecule has 0 spiro atoms. The number of hydrogen-bond acceptors (Lipinski definition) is 6. The maximum atomic E-state index is 13.7. The van der Waals surface area contributed by atoms with Crippen LogP contribution in [0, 0.1) is 15.9 Å². The standard InChI is InChI=1S/C18H17FN2O6/c1-25-16-3-2-12(8-15(16)21(23)24)18(22)20-5-4-11-6-14(19)7-13-9-26-10-27-17(11)13/h2-3,6-8H,4-5,9-10H2,1H3,(H,20,22). The number of benzene rings is 2. The Morgan fingerprint density at radius 2 is 2.19 bits per heavy atom. The number of ether oxygens (including phenoxy) is 3. The number of amides is 1. The zero-order chi connectivity index (χ0) is 19.4. The van der Waals surface area contributed by atoms with E-state index in [1.54, 1.807) is 0 Å². The minimum Gasteiger partial charge on any atom is -0.490 e. The molecule has 1 amide bonds. The van der Waals surface area contributed by atoms with Crippen LogP contribution in [0.3, 0.4) is 0 Å². The number of halogens is 1. The minimum absolute atomic E-state index is 0.0716. The molecule has 2 aromatic carbocycles. The molecule has 27 heavy (non-hydrogen) atoms. The Morgan fingerprint density at radius 1 is 1.37 bits per heavy atom. The molecule has 0 saturated heterocycles. The predicted molar refractivity (Wildman–Crippen MR) is 92.4 cm³/mol. The normalized spacial score (nSPS) is 12.7. The van der Waals surface area contributed by atoms with E-state index in [1.165, 1.54) is 31.4 Å². The van der Waals surface area contributed by atoms with Crippen molar-refractivity contribution in [2.75, 3.05) is 20.4 Å². The van der Waals surface area contributed by atoms with Gasteiger partial charge in [0.1, 0.15) is 11.6 Å². The summed E-state index contributed by atoms with van der Waals surface area (Å²) in [5.74, 6) is -0.246. The molecule has 0 unspecified atom stereocenters. The quantitative estimate of drug-likeness (QED) is 0.614. The van der Waals surface area contributed by atoms with Crippen LogP contribution in [0.5, 0.6) is 11.5 Å². The van der Waals surface area contributed by atoms with Crippen LogP contribution < -0.4 is 14.8 Å². The first-order chi connectivity index (χ1) is 13.0. The lowest BCUT2D eigenvalue weighted by Gasteiger charge is -2.21. The molecule has 0 fully saturated rings. The van der Waals surface area contributed by atoms with E-state index in [0.29, 0.717) is 23.3 Å². The lowest BCUT2D eigenvalue weighted by molar-refractivity contribution is -0.385. The Bertz CT molecular complexity index is 886. The zero-order valence-electron chi connectivity index (χ0n) is 14.5. The number of nitro benzene ring substituents is 1. The third kappa shape index (κ3) is 4.14. The van der Waals surface area contributed by atoms with Crippen LogP contribution in [0.4, 0.5) is 10.1 Å². The topological polar surface area (TPSA) is 99.9 Å². The maximum Gasteiger partial charge on any atom is 0.311 e. The van der Waals surface area contributed by atoms with E-state index in [4.69, 9.17) is 14.2 Å². The van der Waals surface area contributed by atoms with Crippen molar-refractivity contribution in [2.24, 2.45) is 0 Å². The van der Waals surface area contributed by atoms with E-state index in [1.807, 2.05) is 0 Å². The summed E-state index contributed by atoms with van der Waals surface area (Å²) in [5, 5.41) is 13.7. The molecule has 1 aliphatic rings. The summed E-state index contributed by atoms with van der Waals surface area (Å²) in [4.78, 5) is 22.7. The number of nitrogens with zero attached hydrogens (tertiary/aromatic N) is 1. The number of methoxy groups -OCH3 is 1. The van der Waals surface area contributed by atoms with Crippen molar-refractivity contribution in [1.82, 2.24) is 5.32 Å². The van der Waals surface area contributed by atoms with E-state index in [0.717, 1.165) is 6.07 Å². The van der Waals surface area contributed by atoms with E-state index < -0.39 is 16.6 Å². The summed E-state index contributed by atoms with van der Waals surface area (Å²) in [6.45, 7) is 0.564. The molecule has 2 aromatic rings. The van der Waals surface area contributed by atoms with Crippen molar-refractivity contribution >= 4 is 11.6 Å². The van der Waals surface area contributed by atoms with Gasteiger partial charge in [-0.15, -0.1) is 0 Å². The molecule has 142 valence electrons. The van der Waals surface area contributed by atoms with Gasteiger partial charge in [0.25, 0.3) is 5.91 Å². The van der Waals surface area contributed by atoms with Crippen LogP contribution in [0.15, 0.2) is 30.3 Å². The molecule has 0 bridgehead atoms. The molecule has 0 radical (unpaired) electrons. The molecule has 0 aliphatic carbocycles. The highest BCUT2D eigenvalue weighted by atomic mass is 19.1. The molecule has 8 nitrogen and oxygen atoms in total. The van der Waals surface area contributed by atoms with Gasteiger partial charge in [0.05, 0.1) is 18.6 Å². The summed E-state index contributed by atoms with van der Waals surface area (Å²) in [5.41, 5.74) is 1.08. The van der Waals surface area contributed by atoms with Gasteiger partial charge in [-0.3, -0.25) is 14.9 Å². The van der Waals surface area contributed by atoms with Gasteiger partial charge in [-0.25, -0.2) is 4.39 Å². The molecule has 3 rings (SSSR count). The Labute approximate surface area is 154 Å².